The van der Waals surface area contributed by atoms with Crippen LogP contribution in [0.25, 0.3) is 16.7 Å². The number of hydrogen-bond donors (Lipinski definition) is 1. The van der Waals surface area contributed by atoms with Gasteiger partial charge in [0.05, 0.1) is 11.7 Å². The van der Waals surface area contributed by atoms with Crippen molar-refractivity contribution in [2.45, 2.75) is 6.92 Å². The van der Waals surface area contributed by atoms with Crippen LogP contribution < -0.4 is 5.73 Å². The number of fused-ring (bicyclic) bond motifs is 1. The summed E-state index contributed by atoms with van der Waals surface area (Å²) in [5, 5.41) is 13.7. The number of aryl methyl sites for hydroxylation is 1. The minimum absolute atomic E-state index is 0.237. The minimum Gasteiger partial charge on any atom is -0.382 e. The first-order valence-electron chi connectivity index (χ1n) is 5.91. The molecule has 0 fully saturated rings. The van der Waals surface area contributed by atoms with Crippen LogP contribution in [-0.4, -0.2) is 14.8 Å². The molecule has 0 amide bonds. The first-order chi connectivity index (χ1) is 9.60. The molecule has 3 aromatic rings. The number of nitrogens with two attached hydrogens (primary N) is 1. The molecule has 0 aliphatic carbocycles. The van der Waals surface area contributed by atoms with Gasteiger partial charge in [0.1, 0.15) is 23.3 Å². The summed E-state index contributed by atoms with van der Waals surface area (Å²) in [5.41, 5.74) is 7.64. The molecule has 5 nitrogen and oxygen atoms in total. The van der Waals surface area contributed by atoms with Gasteiger partial charge in [-0.1, -0.05) is 0 Å². The number of anilines is 1. The lowest BCUT2D eigenvalue weighted by molar-refractivity contribution is 0.629. The first kappa shape index (κ1) is 12.1. The molecule has 2 N–H and O–H groups in total. The fraction of sp³-hybridized carbons (Fsp3) is 0.0714. The van der Waals surface area contributed by atoms with Gasteiger partial charge in [0.15, 0.2) is 5.82 Å². The number of halogens is 1. The number of nitriles is 1. The highest BCUT2D eigenvalue weighted by atomic mass is 19.1. The Morgan fingerprint density at radius 2 is 2.15 bits per heavy atom. The van der Waals surface area contributed by atoms with E-state index < -0.39 is 0 Å². The minimum atomic E-state index is -0.305. The second-order valence-corrected chi connectivity index (χ2v) is 4.43. The number of nitrogens with zero attached hydrogens (tertiary/aromatic N) is 4. The molecular weight excluding hydrogens is 257 g/mol. The molecule has 0 radical (unpaired) electrons. The van der Waals surface area contributed by atoms with Crippen molar-refractivity contribution >= 4 is 16.7 Å². The summed E-state index contributed by atoms with van der Waals surface area (Å²) in [6.45, 7) is 1.86. The predicted octanol–water partition coefficient (Wildman–Crippen LogP) is 2.32. The zero-order chi connectivity index (χ0) is 14.3. The summed E-state index contributed by atoms with van der Waals surface area (Å²) >= 11 is 0. The fourth-order valence-corrected chi connectivity index (χ4v) is 2.08. The van der Waals surface area contributed by atoms with E-state index in [-0.39, 0.29) is 11.6 Å². The second kappa shape index (κ2) is 4.31. The van der Waals surface area contributed by atoms with E-state index in [0.717, 1.165) is 10.9 Å². The highest BCUT2D eigenvalue weighted by Gasteiger charge is 2.11. The normalized spacial score (nSPS) is 10.7. The standard InChI is InChI=1S/C14H10FN5/c1-8-4-13(20-14(17)9(6-16)7-18-20)19-12-3-2-10(15)5-11(8)12/h2-5,7H,17H2,1H3. The van der Waals surface area contributed by atoms with Crippen molar-refractivity contribution in [3.05, 3.63) is 47.4 Å². The number of pyridine rings is 1. The van der Waals surface area contributed by atoms with Crippen LogP contribution in [0.5, 0.6) is 0 Å². The lowest BCUT2D eigenvalue weighted by atomic mass is 10.1. The molecule has 0 unspecified atom stereocenters. The zero-order valence-corrected chi connectivity index (χ0v) is 10.6. The maximum absolute atomic E-state index is 13.3. The predicted molar refractivity (Wildman–Crippen MR) is 72.7 cm³/mol. The van der Waals surface area contributed by atoms with Gasteiger partial charge in [-0.05, 0) is 36.8 Å². The van der Waals surface area contributed by atoms with Crippen LogP contribution in [-0.2, 0) is 0 Å². The number of rotatable bonds is 1. The summed E-state index contributed by atoms with van der Waals surface area (Å²) in [5.74, 6) is 0.432. The fourth-order valence-electron chi connectivity index (χ4n) is 2.08. The van der Waals surface area contributed by atoms with Crippen LogP contribution in [0.2, 0.25) is 0 Å². The van der Waals surface area contributed by atoms with Crippen LogP contribution >= 0.6 is 0 Å². The molecule has 0 aliphatic rings. The number of benzene rings is 1. The second-order valence-electron chi connectivity index (χ2n) is 4.43. The van der Waals surface area contributed by atoms with Crippen molar-refractivity contribution in [3.63, 3.8) is 0 Å². The van der Waals surface area contributed by atoms with E-state index in [9.17, 15) is 4.39 Å². The molecule has 0 saturated carbocycles. The highest BCUT2D eigenvalue weighted by Crippen LogP contribution is 2.22. The van der Waals surface area contributed by atoms with Crippen molar-refractivity contribution in [2.24, 2.45) is 0 Å². The molecule has 0 spiro atoms. The van der Waals surface area contributed by atoms with E-state index >= 15 is 0 Å². The number of hydrogen-bond acceptors (Lipinski definition) is 4. The molecule has 98 valence electrons. The van der Waals surface area contributed by atoms with Crippen LogP contribution in [0.1, 0.15) is 11.1 Å². The lowest BCUT2D eigenvalue weighted by Crippen LogP contribution is -2.05. The molecule has 1 aromatic carbocycles. The average molecular weight is 267 g/mol. The van der Waals surface area contributed by atoms with Gasteiger partial charge in [-0.2, -0.15) is 15.0 Å². The Kier molecular flexibility index (Phi) is 2.61. The molecule has 0 aliphatic heterocycles. The van der Waals surface area contributed by atoms with Crippen LogP contribution in [0.3, 0.4) is 0 Å². The molecule has 0 atom stereocenters. The van der Waals surface area contributed by atoms with Crippen molar-refractivity contribution in [3.8, 4) is 11.9 Å². The van der Waals surface area contributed by atoms with Crippen molar-refractivity contribution in [1.29, 1.82) is 5.26 Å². The van der Waals surface area contributed by atoms with Gasteiger partial charge < -0.3 is 5.73 Å². The van der Waals surface area contributed by atoms with Gasteiger partial charge in [-0.3, -0.25) is 0 Å². The quantitative estimate of drug-likeness (QED) is 0.733. The molecular formula is C14H10FN5. The average Bonchev–Trinajstić information content (AvgIpc) is 2.80. The monoisotopic (exact) mass is 267 g/mol. The Hall–Kier alpha value is -2.94. The Labute approximate surface area is 114 Å². The van der Waals surface area contributed by atoms with Gasteiger partial charge >= 0.3 is 0 Å². The molecule has 0 bridgehead atoms. The van der Waals surface area contributed by atoms with Gasteiger partial charge in [-0.15, -0.1) is 0 Å². The number of aromatic nitrogens is 3. The maximum Gasteiger partial charge on any atom is 0.156 e. The van der Waals surface area contributed by atoms with E-state index in [1.54, 1.807) is 12.1 Å². The smallest absolute Gasteiger partial charge is 0.156 e. The highest BCUT2D eigenvalue weighted by molar-refractivity contribution is 5.83. The molecule has 2 heterocycles. The molecule has 0 saturated heterocycles. The summed E-state index contributed by atoms with van der Waals surface area (Å²) in [4.78, 5) is 4.40. The first-order valence-corrected chi connectivity index (χ1v) is 5.91. The van der Waals surface area contributed by atoms with Crippen molar-refractivity contribution < 1.29 is 4.39 Å². The SMILES string of the molecule is Cc1cc(-n2ncc(C#N)c2N)nc2ccc(F)cc12. The van der Waals surface area contributed by atoms with Gasteiger partial charge in [0.2, 0.25) is 0 Å². The van der Waals surface area contributed by atoms with Gasteiger partial charge in [-0.25, -0.2) is 9.37 Å². The van der Waals surface area contributed by atoms with E-state index in [4.69, 9.17) is 11.0 Å². The molecule has 20 heavy (non-hydrogen) atoms. The summed E-state index contributed by atoms with van der Waals surface area (Å²) < 4.78 is 14.6. The van der Waals surface area contributed by atoms with Gasteiger partial charge in [0, 0.05) is 5.39 Å². The summed E-state index contributed by atoms with van der Waals surface area (Å²) in [7, 11) is 0. The third-order valence-corrected chi connectivity index (χ3v) is 3.11. The van der Waals surface area contributed by atoms with Crippen molar-refractivity contribution in [2.75, 3.05) is 5.73 Å². The molecule has 3 rings (SSSR count). The Morgan fingerprint density at radius 1 is 1.35 bits per heavy atom. The lowest BCUT2D eigenvalue weighted by Gasteiger charge is -2.08. The molecule has 2 aromatic heterocycles. The van der Waals surface area contributed by atoms with Crippen molar-refractivity contribution in [1.82, 2.24) is 14.8 Å². The number of nitrogen functional groups attached to an aromatic ring is 1. The largest absolute Gasteiger partial charge is 0.382 e. The van der Waals surface area contributed by atoms with Crippen LogP contribution in [0.4, 0.5) is 10.2 Å². The third kappa shape index (κ3) is 1.77. The topological polar surface area (TPSA) is 80.5 Å². The van der Waals surface area contributed by atoms with E-state index in [2.05, 4.69) is 10.1 Å². The van der Waals surface area contributed by atoms with Crippen LogP contribution in [0.15, 0.2) is 30.5 Å². The molecule has 6 heteroatoms. The third-order valence-electron chi connectivity index (χ3n) is 3.11. The Morgan fingerprint density at radius 3 is 2.85 bits per heavy atom. The van der Waals surface area contributed by atoms with E-state index in [1.165, 1.54) is 23.0 Å². The van der Waals surface area contributed by atoms with E-state index in [0.29, 0.717) is 16.9 Å². The van der Waals surface area contributed by atoms with Crippen LogP contribution in [0, 0.1) is 24.1 Å². The Balaban J connectivity index is 2.25. The Bertz CT molecular complexity index is 860. The maximum atomic E-state index is 13.3. The van der Waals surface area contributed by atoms with Gasteiger partial charge in [0.25, 0.3) is 0 Å². The van der Waals surface area contributed by atoms with E-state index in [1.807, 2.05) is 13.0 Å². The summed E-state index contributed by atoms with van der Waals surface area (Å²) in [6, 6.07) is 8.11. The summed E-state index contributed by atoms with van der Waals surface area (Å²) in [6.07, 6.45) is 1.39. The zero-order valence-electron chi connectivity index (χ0n) is 10.6.